The third-order valence-electron chi connectivity index (χ3n) is 4.12. The summed E-state index contributed by atoms with van der Waals surface area (Å²) >= 11 is 0. The molecule has 1 heterocycles. The molecule has 118 valence electrons. The van der Waals surface area contributed by atoms with Crippen LogP contribution in [-0.4, -0.2) is 29.6 Å². The highest BCUT2D eigenvalue weighted by Crippen LogP contribution is 2.41. The average molecular weight is 303 g/mol. The summed E-state index contributed by atoms with van der Waals surface area (Å²) in [5.41, 5.74) is 0.0369. The standard InChI is InChI=1S/C17H21NO4/c1-5-17(6-2)16(21)18(10-11(3)19)14-9-13(12(4)20)7-8-15(14)22-17/h7-9H,5-6,10H2,1-4H3. The first-order chi connectivity index (χ1) is 10.3. The van der Waals surface area contributed by atoms with Crippen molar-refractivity contribution in [3.63, 3.8) is 0 Å². The molecule has 5 heteroatoms. The molecular weight excluding hydrogens is 282 g/mol. The van der Waals surface area contributed by atoms with E-state index < -0.39 is 5.60 Å². The monoisotopic (exact) mass is 303 g/mol. The van der Waals surface area contributed by atoms with E-state index in [4.69, 9.17) is 4.74 Å². The van der Waals surface area contributed by atoms with Gasteiger partial charge in [-0.1, -0.05) is 13.8 Å². The van der Waals surface area contributed by atoms with Crippen LogP contribution in [0, 0.1) is 0 Å². The molecule has 0 aromatic heterocycles. The minimum absolute atomic E-state index is 0.0156. The summed E-state index contributed by atoms with van der Waals surface area (Å²) in [6.45, 7) is 6.67. The number of anilines is 1. The highest BCUT2D eigenvalue weighted by Gasteiger charge is 2.46. The molecule has 0 saturated carbocycles. The molecule has 0 atom stereocenters. The van der Waals surface area contributed by atoms with E-state index in [9.17, 15) is 14.4 Å². The van der Waals surface area contributed by atoms with E-state index in [2.05, 4.69) is 0 Å². The second kappa shape index (κ2) is 5.91. The van der Waals surface area contributed by atoms with Crippen molar-refractivity contribution in [2.24, 2.45) is 0 Å². The smallest absolute Gasteiger partial charge is 0.271 e. The van der Waals surface area contributed by atoms with Crippen LogP contribution >= 0.6 is 0 Å². The van der Waals surface area contributed by atoms with Gasteiger partial charge in [-0.2, -0.15) is 0 Å². The number of rotatable bonds is 5. The van der Waals surface area contributed by atoms with Crippen LogP contribution in [0.5, 0.6) is 5.75 Å². The lowest BCUT2D eigenvalue weighted by Crippen LogP contribution is -2.56. The number of hydrogen-bond donors (Lipinski definition) is 0. The number of ketones is 2. The van der Waals surface area contributed by atoms with E-state index in [1.54, 1.807) is 18.2 Å². The Morgan fingerprint density at radius 1 is 1.18 bits per heavy atom. The zero-order valence-corrected chi connectivity index (χ0v) is 13.4. The number of Topliss-reactive ketones (excluding diaryl/α,β-unsaturated/α-hetero) is 2. The molecule has 1 aliphatic rings. The second-order valence-corrected chi connectivity index (χ2v) is 5.64. The Balaban J connectivity index is 2.59. The fourth-order valence-corrected chi connectivity index (χ4v) is 2.72. The van der Waals surface area contributed by atoms with E-state index >= 15 is 0 Å². The first-order valence-corrected chi connectivity index (χ1v) is 7.50. The molecule has 22 heavy (non-hydrogen) atoms. The molecule has 1 aliphatic heterocycles. The van der Waals surface area contributed by atoms with E-state index in [0.29, 0.717) is 29.8 Å². The average Bonchev–Trinajstić information content (AvgIpc) is 2.49. The zero-order valence-electron chi connectivity index (χ0n) is 13.4. The van der Waals surface area contributed by atoms with Gasteiger partial charge in [0, 0.05) is 5.56 Å². The lowest BCUT2D eigenvalue weighted by Gasteiger charge is -2.41. The lowest BCUT2D eigenvalue weighted by atomic mass is 9.92. The molecule has 1 amide bonds. The third kappa shape index (κ3) is 2.63. The maximum Gasteiger partial charge on any atom is 0.271 e. The fraction of sp³-hybridized carbons (Fsp3) is 0.471. The molecule has 5 nitrogen and oxygen atoms in total. The maximum atomic E-state index is 12.9. The number of carbonyl (C=O) groups excluding carboxylic acids is 3. The van der Waals surface area contributed by atoms with Crippen molar-refractivity contribution in [2.45, 2.75) is 46.1 Å². The predicted octanol–water partition coefficient (Wildman–Crippen LogP) is 2.76. The molecule has 0 unspecified atom stereocenters. The van der Waals surface area contributed by atoms with E-state index in [1.807, 2.05) is 13.8 Å². The Hall–Kier alpha value is -2.17. The minimum Gasteiger partial charge on any atom is -0.475 e. The van der Waals surface area contributed by atoms with Crippen molar-refractivity contribution in [3.05, 3.63) is 23.8 Å². The molecule has 0 fully saturated rings. The van der Waals surface area contributed by atoms with Gasteiger partial charge in [0.15, 0.2) is 11.4 Å². The third-order valence-corrected chi connectivity index (χ3v) is 4.12. The molecule has 0 spiro atoms. The highest BCUT2D eigenvalue weighted by atomic mass is 16.5. The van der Waals surface area contributed by atoms with Gasteiger partial charge in [0.25, 0.3) is 5.91 Å². The van der Waals surface area contributed by atoms with Crippen LogP contribution in [0.25, 0.3) is 0 Å². The number of nitrogens with zero attached hydrogens (tertiary/aromatic N) is 1. The minimum atomic E-state index is -0.944. The number of carbonyl (C=O) groups is 3. The molecule has 0 saturated heterocycles. The Morgan fingerprint density at radius 2 is 1.82 bits per heavy atom. The van der Waals surface area contributed by atoms with Gasteiger partial charge in [-0.3, -0.25) is 19.3 Å². The van der Waals surface area contributed by atoms with Gasteiger partial charge in [0.2, 0.25) is 0 Å². The van der Waals surface area contributed by atoms with E-state index in [-0.39, 0.29) is 24.0 Å². The fourth-order valence-electron chi connectivity index (χ4n) is 2.72. The van der Waals surface area contributed by atoms with Crippen molar-refractivity contribution < 1.29 is 19.1 Å². The van der Waals surface area contributed by atoms with Crippen molar-refractivity contribution >= 4 is 23.2 Å². The van der Waals surface area contributed by atoms with Crippen LogP contribution in [0.4, 0.5) is 5.69 Å². The first kappa shape index (κ1) is 16.2. The van der Waals surface area contributed by atoms with Crippen LogP contribution in [0.2, 0.25) is 0 Å². The number of ether oxygens (including phenoxy) is 1. The van der Waals surface area contributed by atoms with Crippen molar-refractivity contribution in [2.75, 3.05) is 11.4 Å². The van der Waals surface area contributed by atoms with Gasteiger partial charge in [-0.05, 0) is 44.9 Å². The molecule has 1 aromatic carbocycles. The largest absolute Gasteiger partial charge is 0.475 e. The van der Waals surface area contributed by atoms with Crippen molar-refractivity contribution in [1.82, 2.24) is 0 Å². The SMILES string of the molecule is CCC1(CC)Oc2ccc(C(C)=O)cc2N(CC(C)=O)C1=O. The van der Waals surface area contributed by atoms with Gasteiger partial charge in [-0.25, -0.2) is 0 Å². The number of amides is 1. The summed E-state index contributed by atoms with van der Waals surface area (Å²) < 4.78 is 5.96. The van der Waals surface area contributed by atoms with Gasteiger partial charge in [0.05, 0.1) is 12.2 Å². The highest BCUT2D eigenvalue weighted by molar-refractivity contribution is 6.07. The number of benzene rings is 1. The van der Waals surface area contributed by atoms with E-state index in [1.165, 1.54) is 18.7 Å². The summed E-state index contributed by atoms with van der Waals surface area (Å²) in [7, 11) is 0. The van der Waals surface area contributed by atoms with Crippen LogP contribution in [0.15, 0.2) is 18.2 Å². The molecular formula is C17H21NO4. The summed E-state index contributed by atoms with van der Waals surface area (Å²) in [5, 5.41) is 0. The van der Waals surface area contributed by atoms with Gasteiger partial charge in [0.1, 0.15) is 11.5 Å². The summed E-state index contributed by atoms with van der Waals surface area (Å²) in [5.74, 6) is 0.104. The molecule has 0 bridgehead atoms. The molecule has 0 aliphatic carbocycles. The summed E-state index contributed by atoms with van der Waals surface area (Å²) in [6, 6.07) is 5.00. The van der Waals surface area contributed by atoms with Crippen LogP contribution in [-0.2, 0) is 9.59 Å². The molecule has 2 rings (SSSR count). The first-order valence-electron chi connectivity index (χ1n) is 7.50. The van der Waals surface area contributed by atoms with E-state index in [0.717, 1.165) is 0 Å². The summed E-state index contributed by atoms with van der Waals surface area (Å²) in [6.07, 6.45) is 1.04. The van der Waals surface area contributed by atoms with Crippen molar-refractivity contribution in [1.29, 1.82) is 0 Å². The zero-order chi connectivity index (χ0) is 16.5. The maximum absolute atomic E-state index is 12.9. The Bertz CT molecular complexity index is 632. The molecule has 0 radical (unpaired) electrons. The molecule has 0 N–H and O–H groups in total. The van der Waals surface area contributed by atoms with Crippen LogP contribution in [0.1, 0.15) is 50.9 Å². The van der Waals surface area contributed by atoms with Crippen LogP contribution < -0.4 is 9.64 Å². The normalized spacial score (nSPS) is 16.0. The van der Waals surface area contributed by atoms with Crippen LogP contribution in [0.3, 0.4) is 0 Å². The van der Waals surface area contributed by atoms with Gasteiger partial charge in [-0.15, -0.1) is 0 Å². The van der Waals surface area contributed by atoms with Gasteiger partial charge >= 0.3 is 0 Å². The Morgan fingerprint density at radius 3 is 2.32 bits per heavy atom. The Kier molecular flexibility index (Phi) is 4.35. The predicted molar refractivity (Wildman–Crippen MR) is 83.4 cm³/mol. The lowest BCUT2D eigenvalue weighted by molar-refractivity contribution is -0.137. The summed E-state index contributed by atoms with van der Waals surface area (Å²) in [4.78, 5) is 37.4. The van der Waals surface area contributed by atoms with Crippen molar-refractivity contribution in [3.8, 4) is 5.75 Å². The number of fused-ring (bicyclic) bond motifs is 1. The van der Waals surface area contributed by atoms with Gasteiger partial charge < -0.3 is 4.74 Å². The quantitative estimate of drug-likeness (QED) is 0.785. The second-order valence-electron chi connectivity index (χ2n) is 5.64. The molecule has 1 aromatic rings. The Labute approximate surface area is 130 Å². The topological polar surface area (TPSA) is 63.7 Å². The number of hydrogen-bond acceptors (Lipinski definition) is 4.